The molecule has 0 saturated carbocycles. The summed E-state index contributed by atoms with van der Waals surface area (Å²) in [4.78, 5) is 15.4. The number of rotatable bonds is 4. The number of hydrogen-bond donors (Lipinski definition) is 1. The normalized spacial score (nSPS) is 20.6. The molecule has 6 nitrogen and oxygen atoms in total. The molecule has 170 valence electrons. The minimum atomic E-state index is -0.234. The Labute approximate surface area is 187 Å². The molecule has 0 radical (unpaired) electrons. The van der Waals surface area contributed by atoms with Crippen LogP contribution in [0.1, 0.15) is 77.0 Å². The largest absolute Gasteiger partial charge is 0.373 e. The van der Waals surface area contributed by atoms with Gasteiger partial charge in [-0.3, -0.25) is 9.69 Å². The van der Waals surface area contributed by atoms with E-state index in [1.54, 1.807) is 0 Å². The second-order valence-electron chi connectivity index (χ2n) is 10.8. The number of anilines is 1. The van der Waals surface area contributed by atoms with Gasteiger partial charge in [0.15, 0.2) is 0 Å². The summed E-state index contributed by atoms with van der Waals surface area (Å²) in [5.41, 5.74) is 2.48. The van der Waals surface area contributed by atoms with Crippen LogP contribution in [0, 0.1) is 0 Å². The van der Waals surface area contributed by atoms with Crippen LogP contribution in [0.4, 0.5) is 5.82 Å². The molecule has 1 N–H and O–H groups in total. The van der Waals surface area contributed by atoms with Gasteiger partial charge in [0.25, 0.3) is 5.91 Å². The Balaban J connectivity index is 1.72. The van der Waals surface area contributed by atoms with Crippen LogP contribution in [-0.4, -0.2) is 45.9 Å². The zero-order valence-electron chi connectivity index (χ0n) is 20.3. The summed E-state index contributed by atoms with van der Waals surface area (Å²) in [5.74, 6) is 0.605. The van der Waals surface area contributed by atoms with Crippen LogP contribution < -0.4 is 5.32 Å². The molecular formula is C25H38N4O2. The molecule has 0 spiro atoms. The smallest absolute Gasteiger partial charge is 0.256 e. The molecule has 0 aliphatic carbocycles. The summed E-state index contributed by atoms with van der Waals surface area (Å²) in [5, 5.41) is 7.85. The Morgan fingerprint density at radius 1 is 1.06 bits per heavy atom. The number of ether oxygens (including phenoxy) is 1. The molecule has 1 amide bonds. The quantitative estimate of drug-likeness (QED) is 0.763. The van der Waals surface area contributed by atoms with Crippen molar-refractivity contribution in [3.8, 4) is 0 Å². The Bertz CT molecular complexity index is 893. The maximum Gasteiger partial charge on any atom is 0.256 e. The molecule has 1 aromatic heterocycles. The minimum absolute atomic E-state index is 0.0912. The Hall–Kier alpha value is -2.18. The number of morpholine rings is 1. The zero-order chi connectivity index (χ0) is 23.0. The number of benzene rings is 1. The molecule has 1 fully saturated rings. The van der Waals surface area contributed by atoms with Crippen molar-refractivity contribution in [1.82, 2.24) is 14.7 Å². The van der Waals surface area contributed by atoms with E-state index in [1.807, 2.05) is 35.0 Å². The number of carbonyl (C=O) groups is 1. The first-order valence-electron chi connectivity index (χ1n) is 11.2. The van der Waals surface area contributed by atoms with Crippen molar-refractivity contribution in [2.24, 2.45) is 0 Å². The van der Waals surface area contributed by atoms with Gasteiger partial charge in [0, 0.05) is 36.7 Å². The molecule has 2 aromatic rings. The van der Waals surface area contributed by atoms with Crippen LogP contribution >= 0.6 is 0 Å². The van der Waals surface area contributed by atoms with Crippen LogP contribution in [0.15, 0.2) is 30.3 Å². The summed E-state index contributed by atoms with van der Waals surface area (Å²) < 4.78 is 7.72. The fourth-order valence-corrected chi connectivity index (χ4v) is 3.97. The molecule has 1 aliphatic rings. The molecule has 6 heteroatoms. The average molecular weight is 427 g/mol. The lowest BCUT2D eigenvalue weighted by Gasteiger charge is -2.35. The Morgan fingerprint density at radius 2 is 1.65 bits per heavy atom. The lowest BCUT2D eigenvalue weighted by molar-refractivity contribution is -0.0704. The number of nitrogens with one attached hydrogen (secondary N) is 1. The third-order valence-corrected chi connectivity index (χ3v) is 5.47. The van der Waals surface area contributed by atoms with E-state index in [1.165, 1.54) is 5.56 Å². The molecule has 31 heavy (non-hydrogen) atoms. The van der Waals surface area contributed by atoms with E-state index < -0.39 is 0 Å². The van der Waals surface area contributed by atoms with Crippen molar-refractivity contribution < 1.29 is 9.53 Å². The number of amides is 1. The van der Waals surface area contributed by atoms with Crippen LogP contribution in [0.25, 0.3) is 0 Å². The topological polar surface area (TPSA) is 59.4 Å². The predicted molar refractivity (Wildman–Crippen MR) is 126 cm³/mol. The lowest BCUT2D eigenvalue weighted by atomic mass is 9.92. The van der Waals surface area contributed by atoms with Gasteiger partial charge in [-0.1, -0.05) is 32.9 Å². The van der Waals surface area contributed by atoms with Gasteiger partial charge in [-0.05, 0) is 52.3 Å². The lowest BCUT2D eigenvalue weighted by Crippen LogP contribution is -2.44. The summed E-state index contributed by atoms with van der Waals surface area (Å²) in [6.45, 7) is 19.6. The first-order chi connectivity index (χ1) is 14.3. The first-order valence-corrected chi connectivity index (χ1v) is 11.2. The number of hydrogen-bond acceptors (Lipinski definition) is 4. The molecule has 2 unspecified atom stereocenters. The molecule has 1 aliphatic heterocycles. The van der Waals surface area contributed by atoms with Gasteiger partial charge in [0.1, 0.15) is 5.82 Å². The van der Waals surface area contributed by atoms with Gasteiger partial charge >= 0.3 is 0 Å². The highest BCUT2D eigenvalue weighted by Gasteiger charge is 2.26. The van der Waals surface area contributed by atoms with E-state index in [0.29, 0.717) is 5.56 Å². The second kappa shape index (κ2) is 8.75. The van der Waals surface area contributed by atoms with Gasteiger partial charge < -0.3 is 10.1 Å². The van der Waals surface area contributed by atoms with E-state index in [2.05, 4.69) is 65.6 Å². The van der Waals surface area contributed by atoms with Crippen molar-refractivity contribution >= 4 is 11.7 Å². The van der Waals surface area contributed by atoms with Crippen molar-refractivity contribution in [1.29, 1.82) is 0 Å². The molecule has 1 aromatic carbocycles. The summed E-state index contributed by atoms with van der Waals surface area (Å²) in [6, 6.07) is 9.88. The third kappa shape index (κ3) is 5.95. The maximum absolute atomic E-state index is 13.0. The van der Waals surface area contributed by atoms with E-state index >= 15 is 0 Å². The van der Waals surface area contributed by atoms with Crippen molar-refractivity contribution in [3.05, 3.63) is 47.2 Å². The van der Waals surface area contributed by atoms with E-state index in [4.69, 9.17) is 9.84 Å². The van der Waals surface area contributed by atoms with Crippen LogP contribution in [0.3, 0.4) is 0 Å². The molecule has 0 bridgehead atoms. The van der Waals surface area contributed by atoms with E-state index in [-0.39, 0.29) is 29.1 Å². The molecule has 2 atom stereocenters. The van der Waals surface area contributed by atoms with E-state index in [0.717, 1.165) is 31.1 Å². The Kier molecular flexibility index (Phi) is 6.63. The summed E-state index contributed by atoms with van der Waals surface area (Å²) in [6.07, 6.45) is 0.499. The van der Waals surface area contributed by atoms with E-state index in [9.17, 15) is 4.79 Å². The van der Waals surface area contributed by atoms with Gasteiger partial charge in [-0.15, -0.1) is 0 Å². The Morgan fingerprint density at radius 3 is 2.16 bits per heavy atom. The molecule has 2 heterocycles. The van der Waals surface area contributed by atoms with Gasteiger partial charge in [0.05, 0.1) is 23.4 Å². The van der Waals surface area contributed by atoms with Gasteiger partial charge in [-0.2, -0.15) is 5.10 Å². The second-order valence-corrected chi connectivity index (χ2v) is 10.8. The van der Waals surface area contributed by atoms with Crippen molar-refractivity contribution in [2.45, 2.75) is 85.1 Å². The number of carbonyl (C=O) groups excluding carboxylic acids is 1. The molecular weight excluding hydrogens is 388 g/mol. The van der Waals surface area contributed by atoms with Crippen LogP contribution in [-0.2, 0) is 22.2 Å². The zero-order valence-corrected chi connectivity index (χ0v) is 20.3. The van der Waals surface area contributed by atoms with Crippen LogP contribution in [0.5, 0.6) is 0 Å². The van der Waals surface area contributed by atoms with Gasteiger partial charge in [0.2, 0.25) is 0 Å². The average Bonchev–Trinajstić information content (AvgIpc) is 3.06. The fraction of sp³-hybridized carbons (Fsp3) is 0.600. The highest BCUT2D eigenvalue weighted by atomic mass is 16.5. The molecule has 1 saturated heterocycles. The number of nitrogens with zero attached hydrogens (tertiary/aromatic N) is 3. The molecule has 3 rings (SSSR count). The highest BCUT2D eigenvalue weighted by Crippen LogP contribution is 2.28. The van der Waals surface area contributed by atoms with Crippen molar-refractivity contribution in [2.75, 3.05) is 18.4 Å². The SMILES string of the molecule is CC1CN(Cc2ccc(C(=O)Nc3cc(C(C)(C)C)nn3C(C)(C)C)cc2)CC(C)O1. The predicted octanol–water partition coefficient (Wildman–Crippen LogP) is 4.80. The summed E-state index contributed by atoms with van der Waals surface area (Å²) in [7, 11) is 0. The standard InChI is InChI=1S/C25H38N4O2/c1-17-14-28(15-18(2)31-17)16-19-9-11-20(12-10-19)23(30)26-22-13-21(24(3,4)5)27-29(22)25(6,7)8/h9-13,17-18H,14-16H2,1-8H3,(H,26,30). The highest BCUT2D eigenvalue weighted by molar-refractivity contribution is 6.03. The first kappa shape index (κ1) is 23.5. The third-order valence-electron chi connectivity index (χ3n) is 5.47. The maximum atomic E-state index is 13.0. The van der Waals surface area contributed by atoms with Crippen molar-refractivity contribution in [3.63, 3.8) is 0 Å². The number of aromatic nitrogens is 2. The monoisotopic (exact) mass is 426 g/mol. The summed E-state index contributed by atoms with van der Waals surface area (Å²) >= 11 is 0. The minimum Gasteiger partial charge on any atom is -0.373 e. The van der Waals surface area contributed by atoms with Crippen LogP contribution in [0.2, 0.25) is 0 Å². The van der Waals surface area contributed by atoms with Gasteiger partial charge in [-0.25, -0.2) is 4.68 Å². The fourth-order valence-electron chi connectivity index (χ4n) is 3.97.